The molecule has 0 unspecified atom stereocenters. The van der Waals surface area contributed by atoms with Crippen molar-refractivity contribution < 1.29 is 4.79 Å². The number of amides is 1. The number of aromatic nitrogens is 2. The molecule has 1 amide bonds. The largest absolute Gasteiger partial charge is 0.384 e. The molecule has 1 heterocycles. The summed E-state index contributed by atoms with van der Waals surface area (Å²) < 4.78 is 0. The van der Waals surface area contributed by atoms with Gasteiger partial charge in [0.2, 0.25) is 0 Å². The van der Waals surface area contributed by atoms with Gasteiger partial charge < -0.3 is 10.6 Å². The number of nitrogens with one attached hydrogen (secondary N) is 2. The molecule has 0 saturated heterocycles. The van der Waals surface area contributed by atoms with Crippen LogP contribution in [0.25, 0.3) is 0 Å². The van der Waals surface area contributed by atoms with E-state index in [1.54, 1.807) is 18.2 Å². The number of benzene rings is 1. The van der Waals surface area contributed by atoms with Crippen LogP contribution in [0.3, 0.4) is 0 Å². The monoisotopic (exact) mass is 290 g/mol. The van der Waals surface area contributed by atoms with Crippen LogP contribution in [0.15, 0.2) is 36.4 Å². The van der Waals surface area contributed by atoms with Gasteiger partial charge in [0, 0.05) is 12.2 Å². The van der Waals surface area contributed by atoms with E-state index in [-0.39, 0.29) is 11.1 Å². The number of halogens is 1. The first-order chi connectivity index (χ1) is 9.70. The standard InChI is InChI=1S/C14H15ClN4O/c1-2-9-16-11-6-4-3-5-10(11)14(20)17-13-8-7-12(15)18-19-13/h3-8,16H,2,9H2,1H3,(H,17,19,20). The third-order valence-electron chi connectivity index (χ3n) is 2.61. The lowest BCUT2D eigenvalue weighted by Crippen LogP contribution is -2.16. The average Bonchev–Trinajstić information content (AvgIpc) is 2.47. The Labute approximate surface area is 122 Å². The number of para-hydroxylation sites is 1. The molecule has 0 spiro atoms. The van der Waals surface area contributed by atoms with E-state index in [2.05, 4.69) is 27.8 Å². The number of carbonyl (C=O) groups is 1. The van der Waals surface area contributed by atoms with Crippen molar-refractivity contribution in [2.45, 2.75) is 13.3 Å². The first-order valence-electron chi connectivity index (χ1n) is 6.34. The van der Waals surface area contributed by atoms with Crippen molar-refractivity contribution in [1.82, 2.24) is 10.2 Å². The van der Waals surface area contributed by atoms with Crippen molar-refractivity contribution in [3.8, 4) is 0 Å². The molecule has 0 radical (unpaired) electrons. The maximum atomic E-state index is 12.2. The first-order valence-corrected chi connectivity index (χ1v) is 6.72. The molecule has 2 aromatic rings. The zero-order chi connectivity index (χ0) is 14.4. The molecule has 0 bridgehead atoms. The van der Waals surface area contributed by atoms with Gasteiger partial charge in [-0.15, -0.1) is 10.2 Å². The second-order valence-electron chi connectivity index (χ2n) is 4.17. The summed E-state index contributed by atoms with van der Waals surface area (Å²) in [5, 5.41) is 13.7. The Hall–Kier alpha value is -2.14. The Morgan fingerprint density at radius 3 is 2.70 bits per heavy atom. The van der Waals surface area contributed by atoms with E-state index in [1.165, 1.54) is 0 Å². The number of carbonyl (C=O) groups excluding carboxylic acids is 1. The van der Waals surface area contributed by atoms with Crippen molar-refractivity contribution >= 4 is 29.0 Å². The third-order valence-corrected chi connectivity index (χ3v) is 2.81. The summed E-state index contributed by atoms with van der Waals surface area (Å²) in [6.07, 6.45) is 0.985. The smallest absolute Gasteiger partial charge is 0.258 e. The zero-order valence-electron chi connectivity index (χ0n) is 11.1. The van der Waals surface area contributed by atoms with Crippen molar-refractivity contribution in [3.05, 3.63) is 47.1 Å². The third kappa shape index (κ3) is 3.68. The first kappa shape index (κ1) is 14.3. The number of hydrogen-bond acceptors (Lipinski definition) is 4. The van der Waals surface area contributed by atoms with E-state index >= 15 is 0 Å². The van der Waals surface area contributed by atoms with Gasteiger partial charge in [0.1, 0.15) is 0 Å². The van der Waals surface area contributed by atoms with Crippen molar-refractivity contribution in [3.63, 3.8) is 0 Å². The van der Waals surface area contributed by atoms with Gasteiger partial charge in [-0.3, -0.25) is 4.79 Å². The molecular formula is C14H15ClN4O. The summed E-state index contributed by atoms with van der Waals surface area (Å²) in [4.78, 5) is 12.2. The van der Waals surface area contributed by atoms with E-state index in [4.69, 9.17) is 11.6 Å². The highest BCUT2D eigenvalue weighted by molar-refractivity contribution is 6.29. The van der Waals surface area contributed by atoms with E-state index in [1.807, 2.05) is 18.2 Å². The summed E-state index contributed by atoms with van der Waals surface area (Å²) in [5.41, 5.74) is 1.37. The van der Waals surface area contributed by atoms with Crippen LogP contribution in [0, 0.1) is 0 Å². The Morgan fingerprint density at radius 1 is 1.20 bits per heavy atom. The molecule has 0 atom stereocenters. The van der Waals surface area contributed by atoms with Crippen LogP contribution in [0.4, 0.5) is 11.5 Å². The number of anilines is 2. The fraction of sp³-hybridized carbons (Fsp3) is 0.214. The molecule has 1 aromatic carbocycles. The molecule has 1 aromatic heterocycles. The fourth-order valence-corrected chi connectivity index (χ4v) is 1.76. The normalized spacial score (nSPS) is 10.1. The molecule has 2 rings (SSSR count). The highest BCUT2D eigenvalue weighted by Crippen LogP contribution is 2.16. The highest BCUT2D eigenvalue weighted by Gasteiger charge is 2.11. The molecule has 20 heavy (non-hydrogen) atoms. The summed E-state index contributed by atoms with van der Waals surface area (Å²) in [7, 11) is 0. The second-order valence-corrected chi connectivity index (χ2v) is 4.56. The van der Waals surface area contributed by atoms with Gasteiger partial charge in [-0.25, -0.2) is 0 Å². The summed E-state index contributed by atoms with van der Waals surface area (Å²) >= 11 is 5.65. The van der Waals surface area contributed by atoms with Crippen LogP contribution in [0.5, 0.6) is 0 Å². The van der Waals surface area contributed by atoms with E-state index in [0.717, 1.165) is 18.7 Å². The molecular weight excluding hydrogens is 276 g/mol. The molecule has 0 fully saturated rings. The predicted molar refractivity (Wildman–Crippen MR) is 80.2 cm³/mol. The van der Waals surface area contributed by atoms with Crippen LogP contribution < -0.4 is 10.6 Å². The van der Waals surface area contributed by atoms with Crippen LogP contribution >= 0.6 is 11.6 Å². The minimum absolute atomic E-state index is 0.235. The number of nitrogens with zero attached hydrogens (tertiary/aromatic N) is 2. The quantitative estimate of drug-likeness (QED) is 0.887. The lowest BCUT2D eigenvalue weighted by Gasteiger charge is -2.11. The van der Waals surface area contributed by atoms with E-state index < -0.39 is 0 Å². The Balaban J connectivity index is 2.14. The second kappa shape index (κ2) is 6.86. The summed E-state index contributed by atoms with van der Waals surface area (Å²) in [5.74, 6) is 0.130. The average molecular weight is 291 g/mol. The van der Waals surface area contributed by atoms with Crippen LogP contribution in [0.1, 0.15) is 23.7 Å². The molecule has 0 saturated carbocycles. The Bertz CT molecular complexity index is 586. The number of rotatable bonds is 5. The molecule has 0 aliphatic heterocycles. The Kier molecular flexibility index (Phi) is 4.90. The maximum absolute atomic E-state index is 12.2. The fourth-order valence-electron chi connectivity index (χ4n) is 1.66. The van der Waals surface area contributed by atoms with E-state index in [9.17, 15) is 4.79 Å². The molecule has 0 aliphatic rings. The molecule has 5 nitrogen and oxygen atoms in total. The van der Waals surface area contributed by atoms with Gasteiger partial charge >= 0.3 is 0 Å². The lowest BCUT2D eigenvalue weighted by atomic mass is 10.1. The predicted octanol–water partition coefficient (Wildman–Crippen LogP) is 3.20. The van der Waals surface area contributed by atoms with Crippen molar-refractivity contribution in [2.24, 2.45) is 0 Å². The zero-order valence-corrected chi connectivity index (χ0v) is 11.8. The van der Waals surface area contributed by atoms with Gasteiger partial charge in [0.25, 0.3) is 5.91 Å². The molecule has 2 N–H and O–H groups in total. The van der Waals surface area contributed by atoms with Gasteiger partial charge in [-0.1, -0.05) is 30.7 Å². The maximum Gasteiger partial charge on any atom is 0.258 e. The van der Waals surface area contributed by atoms with Crippen molar-refractivity contribution in [2.75, 3.05) is 17.2 Å². The Morgan fingerprint density at radius 2 is 2.00 bits per heavy atom. The van der Waals surface area contributed by atoms with Gasteiger partial charge in [0.05, 0.1) is 5.56 Å². The van der Waals surface area contributed by atoms with Gasteiger partial charge in [0.15, 0.2) is 11.0 Å². The van der Waals surface area contributed by atoms with Gasteiger partial charge in [-0.2, -0.15) is 0 Å². The van der Waals surface area contributed by atoms with E-state index in [0.29, 0.717) is 11.4 Å². The summed E-state index contributed by atoms with van der Waals surface area (Å²) in [6, 6.07) is 10.5. The SMILES string of the molecule is CCCNc1ccccc1C(=O)Nc1ccc(Cl)nn1. The minimum Gasteiger partial charge on any atom is -0.384 e. The molecule has 104 valence electrons. The van der Waals surface area contributed by atoms with Crippen molar-refractivity contribution in [1.29, 1.82) is 0 Å². The topological polar surface area (TPSA) is 66.9 Å². The van der Waals surface area contributed by atoms with Gasteiger partial charge in [-0.05, 0) is 30.7 Å². The molecule has 6 heteroatoms. The van der Waals surface area contributed by atoms with Crippen LogP contribution in [-0.4, -0.2) is 22.6 Å². The lowest BCUT2D eigenvalue weighted by molar-refractivity contribution is 0.102. The highest BCUT2D eigenvalue weighted by atomic mass is 35.5. The molecule has 0 aliphatic carbocycles. The minimum atomic E-state index is -0.235. The summed E-state index contributed by atoms with van der Waals surface area (Å²) in [6.45, 7) is 2.88. The van der Waals surface area contributed by atoms with Crippen LogP contribution in [0.2, 0.25) is 5.15 Å². The van der Waals surface area contributed by atoms with Crippen LogP contribution in [-0.2, 0) is 0 Å². The number of hydrogen-bond donors (Lipinski definition) is 2.